The van der Waals surface area contributed by atoms with Gasteiger partial charge in [-0.25, -0.2) is 0 Å². The van der Waals surface area contributed by atoms with Crippen LogP contribution in [0.3, 0.4) is 0 Å². The molecule has 1 N–H and O–H groups in total. The van der Waals surface area contributed by atoms with E-state index in [0.717, 1.165) is 0 Å². The minimum atomic E-state index is -0.573. The van der Waals surface area contributed by atoms with Crippen LogP contribution >= 0.6 is 11.3 Å². The van der Waals surface area contributed by atoms with Crippen molar-refractivity contribution in [2.45, 2.75) is 47.2 Å². The molecule has 0 spiro atoms. The minimum Gasteiger partial charge on any atom is -0.352 e. The second-order valence-electron chi connectivity index (χ2n) is 7.58. The minimum absolute atomic E-state index is 0.0324. The Bertz CT molecular complexity index is 996. The average Bonchev–Trinajstić information content (AvgIpc) is 2.83. The number of amides is 1. The SMILES string of the molecule is CC(C)NC(=O)Cn1c(=O)/c(=C/c2ccccn2)s/c1=C/C(=O)C(C)(C)C. The topological polar surface area (TPSA) is 81.1 Å². The van der Waals surface area contributed by atoms with Crippen LogP contribution in [0.15, 0.2) is 29.2 Å². The van der Waals surface area contributed by atoms with E-state index in [1.54, 1.807) is 24.4 Å². The number of carbonyl (C=O) groups excluding carboxylic acids is 2. The molecule has 27 heavy (non-hydrogen) atoms. The van der Waals surface area contributed by atoms with E-state index in [-0.39, 0.29) is 29.8 Å². The van der Waals surface area contributed by atoms with Crippen molar-refractivity contribution in [3.63, 3.8) is 0 Å². The van der Waals surface area contributed by atoms with Crippen LogP contribution in [0.5, 0.6) is 0 Å². The van der Waals surface area contributed by atoms with E-state index in [9.17, 15) is 14.4 Å². The molecule has 0 aromatic carbocycles. The molecule has 0 bridgehead atoms. The van der Waals surface area contributed by atoms with Crippen LogP contribution in [0.25, 0.3) is 12.2 Å². The number of nitrogens with one attached hydrogen (secondary N) is 1. The van der Waals surface area contributed by atoms with Crippen molar-refractivity contribution in [1.82, 2.24) is 14.9 Å². The van der Waals surface area contributed by atoms with Gasteiger partial charge in [-0.15, -0.1) is 11.3 Å². The predicted octanol–water partition coefficient (Wildman–Crippen LogP) is 1.05. The fourth-order valence-corrected chi connectivity index (χ4v) is 3.25. The Morgan fingerprint density at radius 2 is 2.00 bits per heavy atom. The summed E-state index contributed by atoms with van der Waals surface area (Å²) in [7, 11) is 0. The second kappa shape index (κ2) is 8.43. The molecular formula is C20H25N3O3S. The first-order valence-corrected chi connectivity index (χ1v) is 9.57. The van der Waals surface area contributed by atoms with Crippen molar-refractivity contribution in [2.24, 2.45) is 5.41 Å². The third kappa shape index (κ3) is 5.72. The molecule has 2 rings (SSSR count). The lowest BCUT2D eigenvalue weighted by molar-refractivity contribution is -0.122. The number of carbonyl (C=O) groups is 2. The van der Waals surface area contributed by atoms with Crippen molar-refractivity contribution < 1.29 is 9.59 Å². The molecule has 1 amide bonds. The lowest BCUT2D eigenvalue weighted by Crippen LogP contribution is -2.40. The Morgan fingerprint density at radius 1 is 1.30 bits per heavy atom. The Balaban J connectivity index is 2.60. The number of ketones is 1. The monoisotopic (exact) mass is 387 g/mol. The van der Waals surface area contributed by atoms with Gasteiger partial charge in [-0.2, -0.15) is 0 Å². The highest BCUT2D eigenvalue weighted by Crippen LogP contribution is 2.14. The molecule has 0 aliphatic carbocycles. The molecule has 0 aliphatic rings. The summed E-state index contributed by atoms with van der Waals surface area (Å²) < 4.78 is 2.24. The van der Waals surface area contributed by atoms with Gasteiger partial charge in [0.25, 0.3) is 5.56 Å². The maximum atomic E-state index is 12.8. The molecule has 2 aromatic rings. The highest BCUT2D eigenvalue weighted by Gasteiger charge is 2.20. The molecule has 0 aliphatic heterocycles. The highest BCUT2D eigenvalue weighted by molar-refractivity contribution is 7.07. The van der Waals surface area contributed by atoms with Crippen LogP contribution in [0, 0.1) is 5.41 Å². The van der Waals surface area contributed by atoms with Crippen LogP contribution < -0.4 is 20.1 Å². The number of hydrogen-bond donors (Lipinski definition) is 1. The number of rotatable bonds is 5. The third-order valence-corrected chi connectivity index (χ3v) is 4.71. The summed E-state index contributed by atoms with van der Waals surface area (Å²) in [6.07, 6.45) is 4.76. The van der Waals surface area contributed by atoms with E-state index < -0.39 is 5.41 Å². The van der Waals surface area contributed by atoms with E-state index in [0.29, 0.717) is 14.9 Å². The van der Waals surface area contributed by atoms with Crippen LogP contribution in [0.1, 0.15) is 40.3 Å². The largest absolute Gasteiger partial charge is 0.352 e. The number of Topliss-reactive ketones (excluding diaryl/α,β-unsaturated/α-hetero) is 1. The van der Waals surface area contributed by atoms with Crippen LogP contribution in [-0.4, -0.2) is 27.3 Å². The quantitative estimate of drug-likeness (QED) is 0.832. The van der Waals surface area contributed by atoms with E-state index in [1.165, 1.54) is 22.0 Å². The smallest absolute Gasteiger partial charge is 0.269 e. The molecular weight excluding hydrogens is 362 g/mol. The standard InChI is InChI=1S/C20H25N3O3S/c1-13(2)22-17(25)12-23-18(11-16(24)20(3,4)5)27-15(19(23)26)10-14-8-6-7-9-21-14/h6-11,13H,12H2,1-5H3,(H,22,25)/b15-10-,18-11+. The van der Waals surface area contributed by atoms with E-state index in [4.69, 9.17) is 0 Å². The Hall–Kier alpha value is -2.54. The van der Waals surface area contributed by atoms with Crippen molar-refractivity contribution in [2.75, 3.05) is 0 Å². The number of thiazole rings is 1. The summed E-state index contributed by atoms with van der Waals surface area (Å²) in [5.74, 6) is -0.377. The molecule has 0 fully saturated rings. The van der Waals surface area contributed by atoms with Gasteiger partial charge in [-0.3, -0.25) is 23.9 Å². The van der Waals surface area contributed by atoms with Gasteiger partial charge in [0.1, 0.15) is 11.2 Å². The lowest BCUT2D eigenvalue weighted by Gasteiger charge is -2.13. The zero-order chi connectivity index (χ0) is 20.2. The number of pyridine rings is 1. The van der Waals surface area contributed by atoms with Crippen molar-refractivity contribution in [3.8, 4) is 0 Å². The summed E-state index contributed by atoms with van der Waals surface area (Å²) in [6, 6.07) is 5.38. The van der Waals surface area contributed by atoms with E-state index >= 15 is 0 Å². The van der Waals surface area contributed by atoms with Gasteiger partial charge in [-0.05, 0) is 32.1 Å². The summed E-state index contributed by atoms with van der Waals surface area (Å²) >= 11 is 1.18. The van der Waals surface area contributed by atoms with Crippen LogP contribution in [-0.2, 0) is 16.1 Å². The van der Waals surface area contributed by atoms with Crippen molar-refractivity contribution >= 4 is 35.2 Å². The zero-order valence-corrected chi connectivity index (χ0v) is 17.1. The fourth-order valence-electron chi connectivity index (χ4n) is 2.23. The van der Waals surface area contributed by atoms with Gasteiger partial charge in [-0.1, -0.05) is 26.8 Å². The Morgan fingerprint density at radius 3 is 2.56 bits per heavy atom. The second-order valence-corrected chi connectivity index (χ2v) is 8.64. The van der Waals surface area contributed by atoms with Gasteiger partial charge in [0, 0.05) is 23.7 Å². The first-order valence-electron chi connectivity index (χ1n) is 8.76. The average molecular weight is 388 g/mol. The molecule has 144 valence electrons. The first kappa shape index (κ1) is 20.8. The summed E-state index contributed by atoms with van der Waals surface area (Å²) in [4.78, 5) is 41.7. The van der Waals surface area contributed by atoms with E-state index in [1.807, 2.05) is 40.7 Å². The molecule has 0 saturated carbocycles. The molecule has 0 unspecified atom stereocenters. The van der Waals surface area contributed by atoms with Gasteiger partial charge in [0.2, 0.25) is 5.91 Å². The fraction of sp³-hybridized carbons (Fsp3) is 0.400. The van der Waals surface area contributed by atoms with Crippen molar-refractivity contribution in [3.05, 3.63) is 49.6 Å². The summed E-state index contributed by atoms with van der Waals surface area (Å²) in [6.45, 7) is 9.01. The predicted molar refractivity (Wildman–Crippen MR) is 108 cm³/mol. The summed E-state index contributed by atoms with van der Waals surface area (Å²) in [5.41, 5.74) is -0.239. The Kier molecular flexibility index (Phi) is 6.49. The van der Waals surface area contributed by atoms with Gasteiger partial charge >= 0.3 is 0 Å². The van der Waals surface area contributed by atoms with Gasteiger partial charge in [0.05, 0.1) is 10.2 Å². The Labute approximate surface area is 162 Å². The maximum Gasteiger partial charge on any atom is 0.269 e. The zero-order valence-electron chi connectivity index (χ0n) is 16.3. The highest BCUT2D eigenvalue weighted by atomic mass is 32.1. The number of hydrogen-bond acceptors (Lipinski definition) is 5. The molecule has 0 radical (unpaired) electrons. The van der Waals surface area contributed by atoms with Crippen LogP contribution in [0.2, 0.25) is 0 Å². The molecule has 2 aromatic heterocycles. The maximum absolute atomic E-state index is 12.8. The third-order valence-electron chi connectivity index (χ3n) is 3.65. The normalized spacial score (nSPS) is 13.3. The number of aromatic nitrogens is 2. The summed E-state index contributed by atoms with van der Waals surface area (Å²) in [5, 5.41) is 2.77. The first-order chi connectivity index (χ1) is 12.6. The van der Waals surface area contributed by atoms with Gasteiger partial charge < -0.3 is 5.32 Å². The molecule has 6 nitrogen and oxygen atoms in total. The molecule has 7 heteroatoms. The lowest BCUT2D eigenvalue weighted by atomic mass is 9.91. The van der Waals surface area contributed by atoms with Crippen molar-refractivity contribution in [1.29, 1.82) is 0 Å². The molecule has 2 heterocycles. The molecule has 0 atom stereocenters. The van der Waals surface area contributed by atoms with Gasteiger partial charge in [0.15, 0.2) is 5.78 Å². The number of nitrogens with zero attached hydrogens (tertiary/aromatic N) is 2. The van der Waals surface area contributed by atoms with Crippen LogP contribution in [0.4, 0.5) is 0 Å². The van der Waals surface area contributed by atoms with E-state index in [2.05, 4.69) is 10.3 Å². The molecule has 0 saturated heterocycles.